The zero-order valence-corrected chi connectivity index (χ0v) is 14.0. The standard InChI is InChI=1S/C16H25NO2S/c1-10-13(15(18)19-5)20-14(17-10)11-6-8-12(9-7-11)16(2,3)4/h11-12H,6-9H2,1-5H3. The molecule has 1 heterocycles. The summed E-state index contributed by atoms with van der Waals surface area (Å²) < 4.78 is 4.81. The average molecular weight is 295 g/mol. The Morgan fingerprint density at radius 2 is 1.85 bits per heavy atom. The molecule has 1 fully saturated rings. The van der Waals surface area contributed by atoms with Crippen molar-refractivity contribution in [2.75, 3.05) is 7.11 Å². The number of methoxy groups -OCH3 is 1. The number of aromatic nitrogens is 1. The van der Waals surface area contributed by atoms with E-state index in [1.165, 1.54) is 44.1 Å². The Balaban J connectivity index is 2.06. The first-order chi connectivity index (χ1) is 9.32. The molecule has 0 atom stereocenters. The molecule has 0 bridgehead atoms. The number of carbonyl (C=O) groups is 1. The molecular formula is C16H25NO2S. The van der Waals surface area contributed by atoms with Gasteiger partial charge in [0.15, 0.2) is 0 Å². The van der Waals surface area contributed by atoms with Crippen molar-refractivity contribution in [2.24, 2.45) is 11.3 Å². The smallest absolute Gasteiger partial charge is 0.349 e. The number of ether oxygens (including phenoxy) is 1. The molecule has 0 unspecified atom stereocenters. The summed E-state index contributed by atoms with van der Waals surface area (Å²) in [5, 5.41) is 1.12. The predicted molar refractivity (Wildman–Crippen MR) is 82.3 cm³/mol. The van der Waals surface area contributed by atoms with E-state index in [-0.39, 0.29) is 5.97 Å². The van der Waals surface area contributed by atoms with Gasteiger partial charge in [-0.3, -0.25) is 0 Å². The van der Waals surface area contributed by atoms with E-state index in [2.05, 4.69) is 25.8 Å². The number of esters is 1. The van der Waals surface area contributed by atoms with Crippen LogP contribution in [-0.4, -0.2) is 18.1 Å². The number of rotatable bonds is 2. The highest BCUT2D eigenvalue weighted by Crippen LogP contribution is 2.44. The van der Waals surface area contributed by atoms with Crippen LogP contribution in [0.1, 0.15) is 72.7 Å². The molecule has 1 aliphatic rings. The van der Waals surface area contributed by atoms with Gasteiger partial charge in [-0.25, -0.2) is 9.78 Å². The molecule has 1 saturated carbocycles. The van der Waals surface area contributed by atoms with E-state index in [9.17, 15) is 4.79 Å². The second-order valence-electron chi connectivity index (χ2n) is 6.87. The van der Waals surface area contributed by atoms with Gasteiger partial charge in [-0.15, -0.1) is 11.3 Å². The Kier molecular flexibility index (Phi) is 4.52. The lowest BCUT2D eigenvalue weighted by molar-refractivity contribution is 0.0605. The number of carbonyl (C=O) groups excluding carboxylic acids is 1. The van der Waals surface area contributed by atoms with Gasteiger partial charge in [0.2, 0.25) is 0 Å². The Morgan fingerprint density at radius 1 is 1.25 bits per heavy atom. The van der Waals surface area contributed by atoms with E-state index in [0.717, 1.165) is 16.6 Å². The second-order valence-corrected chi connectivity index (χ2v) is 7.90. The predicted octanol–water partition coefficient (Wildman–Crippen LogP) is 4.56. The lowest BCUT2D eigenvalue weighted by Crippen LogP contribution is -2.25. The third kappa shape index (κ3) is 3.22. The maximum absolute atomic E-state index is 11.7. The maximum Gasteiger partial charge on any atom is 0.349 e. The largest absolute Gasteiger partial charge is 0.465 e. The highest BCUT2D eigenvalue weighted by atomic mass is 32.1. The molecule has 4 heteroatoms. The molecule has 20 heavy (non-hydrogen) atoms. The van der Waals surface area contributed by atoms with Crippen LogP contribution in [-0.2, 0) is 4.74 Å². The monoisotopic (exact) mass is 295 g/mol. The summed E-state index contributed by atoms with van der Waals surface area (Å²) >= 11 is 1.52. The molecule has 0 N–H and O–H groups in total. The molecule has 1 aromatic rings. The van der Waals surface area contributed by atoms with E-state index in [4.69, 9.17) is 4.74 Å². The van der Waals surface area contributed by atoms with E-state index >= 15 is 0 Å². The number of hydrogen-bond acceptors (Lipinski definition) is 4. The van der Waals surface area contributed by atoms with Crippen molar-refractivity contribution < 1.29 is 9.53 Å². The molecule has 3 nitrogen and oxygen atoms in total. The van der Waals surface area contributed by atoms with Crippen molar-refractivity contribution in [3.8, 4) is 0 Å². The van der Waals surface area contributed by atoms with Crippen molar-refractivity contribution in [3.63, 3.8) is 0 Å². The van der Waals surface area contributed by atoms with Gasteiger partial charge in [-0.2, -0.15) is 0 Å². The van der Waals surface area contributed by atoms with Gasteiger partial charge in [-0.1, -0.05) is 20.8 Å². The highest BCUT2D eigenvalue weighted by Gasteiger charge is 2.32. The first-order valence-electron chi connectivity index (χ1n) is 7.38. The Morgan fingerprint density at radius 3 is 2.35 bits per heavy atom. The van der Waals surface area contributed by atoms with Gasteiger partial charge in [-0.05, 0) is 43.9 Å². The molecule has 0 amide bonds. The molecule has 0 saturated heterocycles. The van der Waals surface area contributed by atoms with Crippen molar-refractivity contribution >= 4 is 17.3 Å². The van der Waals surface area contributed by atoms with Crippen LogP contribution in [0.2, 0.25) is 0 Å². The number of hydrogen-bond donors (Lipinski definition) is 0. The third-order valence-corrected chi connectivity index (χ3v) is 5.79. The van der Waals surface area contributed by atoms with Crippen molar-refractivity contribution in [1.82, 2.24) is 4.98 Å². The maximum atomic E-state index is 11.7. The minimum Gasteiger partial charge on any atom is -0.465 e. The van der Waals surface area contributed by atoms with Gasteiger partial charge < -0.3 is 4.74 Å². The third-order valence-electron chi connectivity index (χ3n) is 4.49. The first kappa shape index (κ1) is 15.5. The second kappa shape index (κ2) is 5.84. The molecule has 1 aliphatic carbocycles. The van der Waals surface area contributed by atoms with Crippen LogP contribution in [0, 0.1) is 18.3 Å². The minimum atomic E-state index is -0.255. The molecule has 2 rings (SSSR count). The van der Waals surface area contributed by atoms with E-state index in [1.54, 1.807) is 0 Å². The van der Waals surface area contributed by atoms with E-state index < -0.39 is 0 Å². The lowest BCUT2D eigenvalue weighted by Gasteiger charge is -2.36. The van der Waals surface area contributed by atoms with Crippen molar-refractivity contribution in [2.45, 2.75) is 59.3 Å². The van der Waals surface area contributed by atoms with Crippen LogP contribution >= 0.6 is 11.3 Å². The van der Waals surface area contributed by atoms with Gasteiger partial charge in [0.1, 0.15) is 4.88 Å². The molecule has 0 radical (unpaired) electrons. The lowest BCUT2D eigenvalue weighted by atomic mass is 9.70. The van der Waals surface area contributed by atoms with Crippen LogP contribution in [0.4, 0.5) is 0 Å². The highest BCUT2D eigenvalue weighted by molar-refractivity contribution is 7.13. The van der Waals surface area contributed by atoms with E-state index in [0.29, 0.717) is 16.2 Å². The fourth-order valence-corrected chi connectivity index (χ4v) is 4.23. The Labute approximate surface area is 125 Å². The van der Waals surface area contributed by atoms with Crippen LogP contribution in [0.25, 0.3) is 0 Å². The first-order valence-corrected chi connectivity index (χ1v) is 8.20. The van der Waals surface area contributed by atoms with Gasteiger partial charge in [0, 0.05) is 5.92 Å². The molecule has 0 spiro atoms. The fourth-order valence-electron chi connectivity index (χ4n) is 3.08. The van der Waals surface area contributed by atoms with Crippen molar-refractivity contribution in [1.29, 1.82) is 0 Å². The van der Waals surface area contributed by atoms with Gasteiger partial charge >= 0.3 is 5.97 Å². The van der Waals surface area contributed by atoms with Gasteiger partial charge in [0.25, 0.3) is 0 Å². The van der Waals surface area contributed by atoms with Crippen LogP contribution in [0.3, 0.4) is 0 Å². The topological polar surface area (TPSA) is 39.2 Å². The molecule has 112 valence electrons. The minimum absolute atomic E-state index is 0.255. The van der Waals surface area contributed by atoms with Gasteiger partial charge in [0.05, 0.1) is 17.8 Å². The summed E-state index contributed by atoms with van der Waals surface area (Å²) in [5.41, 5.74) is 1.22. The summed E-state index contributed by atoms with van der Waals surface area (Å²) in [4.78, 5) is 16.9. The fraction of sp³-hybridized carbons (Fsp3) is 0.750. The number of nitrogens with zero attached hydrogens (tertiary/aromatic N) is 1. The van der Waals surface area contributed by atoms with E-state index in [1.807, 2.05) is 6.92 Å². The normalized spacial score (nSPS) is 23.6. The molecule has 0 aromatic carbocycles. The Bertz CT molecular complexity index is 479. The Hall–Kier alpha value is -0.900. The van der Waals surface area contributed by atoms with Crippen LogP contribution in [0.5, 0.6) is 0 Å². The molecule has 0 aliphatic heterocycles. The summed E-state index contributed by atoms with van der Waals surface area (Å²) in [6, 6.07) is 0. The summed E-state index contributed by atoms with van der Waals surface area (Å²) in [7, 11) is 1.43. The molecular weight excluding hydrogens is 270 g/mol. The SMILES string of the molecule is COC(=O)c1sc(C2CCC(C(C)(C)C)CC2)nc1C. The van der Waals surface area contributed by atoms with Crippen LogP contribution in [0.15, 0.2) is 0 Å². The number of aryl methyl sites for hydroxylation is 1. The number of thiazole rings is 1. The molecule has 1 aromatic heterocycles. The summed E-state index contributed by atoms with van der Waals surface area (Å²) in [6.07, 6.45) is 4.91. The zero-order chi connectivity index (χ0) is 14.9. The summed E-state index contributed by atoms with van der Waals surface area (Å²) in [6.45, 7) is 8.90. The summed E-state index contributed by atoms with van der Waals surface area (Å²) in [5.74, 6) is 1.07. The zero-order valence-electron chi connectivity index (χ0n) is 13.2. The van der Waals surface area contributed by atoms with Crippen LogP contribution < -0.4 is 0 Å². The quantitative estimate of drug-likeness (QED) is 0.751. The van der Waals surface area contributed by atoms with Crippen molar-refractivity contribution in [3.05, 3.63) is 15.6 Å². The average Bonchev–Trinajstić information content (AvgIpc) is 2.79.